The van der Waals surface area contributed by atoms with Crippen LogP contribution in [0.2, 0.25) is 0 Å². The van der Waals surface area contributed by atoms with E-state index >= 15 is 0 Å². The summed E-state index contributed by atoms with van der Waals surface area (Å²) in [5.74, 6) is 0. The van der Waals surface area contributed by atoms with Gasteiger partial charge < -0.3 is 10.2 Å². The van der Waals surface area contributed by atoms with E-state index in [2.05, 4.69) is 17.1 Å². The van der Waals surface area contributed by atoms with Gasteiger partial charge in [-0.15, -0.1) is 0 Å². The molecule has 0 aromatic rings. The number of rotatable bonds is 1. The van der Waals surface area contributed by atoms with E-state index in [1.165, 1.54) is 39.0 Å². The van der Waals surface area contributed by atoms with Crippen LogP contribution in [0.4, 0.5) is 0 Å². The predicted octanol–water partition coefficient (Wildman–Crippen LogP) is 0.444. The quantitative estimate of drug-likeness (QED) is 0.568. The van der Waals surface area contributed by atoms with Crippen LogP contribution in [-0.2, 0) is 0 Å². The second-order valence-corrected chi connectivity index (χ2v) is 3.58. The number of nitrogens with one attached hydrogen (secondary N) is 1. The molecule has 2 heteroatoms. The lowest BCUT2D eigenvalue weighted by atomic mass is 9.87. The van der Waals surface area contributed by atoms with Gasteiger partial charge >= 0.3 is 0 Å². The van der Waals surface area contributed by atoms with Gasteiger partial charge in [-0.2, -0.15) is 0 Å². The molecule has 0 aliphatic carbocycles. The number of nitrogens with zero attached hydrogens (tertiary/aromatic N) is 1. The van der Waals surface area contributed by atoms with Gasteiger partial charge in [-0.05, 0) is 25.9 Å². The van der Waals surface area contributed by atoms with E-state index in [1.807, 2.05) is 0 Å². The van der Waals surface area contributed by atoms with E-state index < -0.39 is 0 Å². The summed E-state index contributed by atoms with van der Waals surface area (Å²) in [4.78, 5) is 2.53. The zero-order chi connectivity index (χ0) is 7.03. The molecular weight excluding hydrogens is 124 g/mol. The van der Waals surface area contributed by atoms with Crippen LogP contribution in [-0.4, -0.2) is 36.6 Å². The van der Waals surface area contributed by atoms with Crippen molar-refractivity contribution in [1.82, 2.24) is 10.2 Å². The molecule has 58 valence electrons. The molecule has 2 nitrogen and oxygen atoms in total. The Morgan fingerprint density at radius 1 is 1.50 bits per heavy atom. The van der Waals surface area contributed by atoms with Gasteiger partial charge in [-0.1, -0.05) is 6.92 Å². The smallest absolute Gasteiger partial charge is 0.0333 e. The summed E-state index contributed by atoms with van der Waals surface area (Å²) in [6, 6.07) is 0. The Morgan fingerprint density at radius 3 is 2.60 bits per heavy atom. The van der Waals surface area contributed by atoms with Gasteiger partial charge in [-0.25, -0.2) is 0 Å². The third-order valence-electron chi connectivity index (χ3n) is 2.98. The molecule has 1 atom stereocenters. The minimum atomic E-state index is 0.565. The highest BCUT2D eigenvalue weighted by molar-refractivity contribution is 5.03. The first-order valence-electron chi connectivity index (χ1n) is 4.32. The van der Waals surface area contributed by atoms with Gasteiger partial charge in [0.15, 0.2) is 0 Å². The largest absolute Gasteiger partial charge is 0.310 e. The molecule has 2 aliphatic rings. The van der Waals surface area contributed by atoms with Crippen LogP contribution >= 0.6 is 0 Å². The number of hydrogen-bond acceptors (Lipinski definition) is 2. The fraction of sp³-hybridized carbons (Fsp3) is 1.00. The maximum Gasteiger partial charge on any atom is 0.0333 e. The zero-order valence-electron chi connectivity index (χ0n) is 6.69. The molecule has 2 saturated heterocycles. The first-order chi connectivity index (χ1) is 4.85. The highest BCUT2D eigenvalue weighted by Gasteiger charge is 2.41. The minimum absolute atomic E-state index is 0.565. The Balaban J connectivity index is 1.92. The fourth-order valence-corrected chi connectivity index (χ4v) is 2.06. The monoisotopic (exact) mass is 140 g/mol. The number of likely N-dealkylation sites (tertiary alicyclic amines) is 1. The molecule has 0 bridgehead atoms. The van der Waals surface area contributed by atoms with Gasteiger partial charge in [0.05, 0.1) is 0 Å². The molecule has 1 spiro atoms. The van der Waals surface area contributed by atoms with E-state index in [-0.39, 0.29) is 0 Å². The summed E-state index contributed by atoms with van der Waals surface area (Å²) in [6.07, 6.45) is 2.78. The molecule has 2 heterocycles. The molecule has 0 radical (unpaired) electrons. The van der Waals surface area contributed by atoms with Crippen LogP contribution < -0.4 is 5.32 Å². The minimum Gasteiger partial charge on any atom is -0.310 e. The van der Waals surface area contributed by atoms with Crippen molar-refractivity contribution in [3.63, 3.8) is 0 Å². The second-order valence-electron chi connectivity index (χ2n) is 3.58. The lowest BCUT2D eigenvalue weighted by Gasteiger charge is -2.39. The molecule has 10 heavy (non-hydrogen) atoms. The maximum atomic E-state index is 3.54. The van der Waals surface area contributed by atoms with Gasteiger partial charge in [0.25, 0.3) is 0 Å². The topological polar surface area (TPSA) is 15.3 Å². The Kier molecular flexibility index (Phi) is 1.46. The predicted molar refractivity (Wildman–Crippen MR) is 42.1 cm³/mol. The van der Waals surface area contributed by atoms with Crippen LogP contribution in [0.15, 0.2) is 0 Å². The normalized spacial score (nSPS) is 40.5. The van der Waals surface area contributed by atoms with Crippen molar-refractivity contribution in [3.8, 4) is 0 Å². The van der Waals surface area contributed by atoms with Crippen molar-refractivity contribution in [2.24, 2.45) is 0 Å². The van der Waals surface area contributed by atoms with E-state index in [1.54, 1.807) is 0 Å². The Bertz CT molecular complexity index is 129. The van der Waals surface area contributed by atoms with Crippen molar-refractivity contribution in [2.45, 2.75) is 25.3 Å². The highest BCUT2D eigenvalue weighted by atomic mass is 15.2. The summed E-state index contributed by atoms with van der Waals surface area (Å²) >= 11 is 0. The summed E-state index contributed by atoms with van der Waals surface area (Å²) < 4.78 is 0. The first kappa shape index (κ1) is 6.62. The van der Waals surface area contributed by atoms with Crippen molar-refractivity contribution >= 4 is 0 Å². The van der Waals surface area contributed by atoms with Crippen LogP contribution in [0.25, 0.3) is 0 Å². The fourth-order valence-electron chi connectivity index (χ4n) is 2.06. The van der Waals surface area contributed by atoms with Gasteiger partial charge in [0.1, 0.15) is 0 Å². The molecule has 2 rings (SSSR count). The molecule has 2 aliphatic heterocycles. The molecule has 0 aromatic heterocycles. The Morgan fingerprint density at radius 2 is 2.30 bits per heavy atom. The third kappa shape index (κ3) is 0.867. The van der Waals surface area contributed by atoms with Crippen molar-refractivity contribution in [3.05, 3.63) is 0 Å². The number of hydrogen-bond donors (Lipinski definition) is 1. The van der Waals surface area contributed by atoms with Gasteiger partial charge in [-0.3, -0.25) is 0 Å². The molecule has 1 N–H and O–H groups in total. The Hall–Kier alpha value is -0.0800. The van der Waals surface area contributed by atoms with Crippen LogP contribution in [0.5, 0.6) is 0 Å². The second kappa shape index (κ2) is 2.21. The average Bonchev–Trinajstić information content (AvgIpc) is 2.29. The van der Waals surface area contributed by atoms with Gasteiger partial charge in [0.2, 0.25) is 0 Å². The molecule has 1 unspecified atom stereocenters. The standard InChI is InChI=1S/C8H16N2/c1-2-10-6-4-8(7-10)3-5-9-8/h9H,2-7H2,1H3. The molecule has 0 amide bonds. The van der Waals surface area contributed by atoms with E-state index in [0.717, 1.165) is 0 Å². The lowest BCUT2D eigenvalue weighted by molar-refractivity contribution is 0.204. The number of likely N-dealkylation sites (N-methyl/N-ethyl adjacent to an activating group) is 1. The molecule has 0 saturated carbocycles. The van der Waals surface area contributed by atoms with E-state index in [4.69, 9.17) is 0 Å². The summed E-state index contributed by atoms with van der Waals surface area (Å²) in [5.41, 5.74) is 0.565. The van der Waals surface area contributed by atoms with Crippen LogP contribution in [0, 0.1) is 0 Å². The third-order valence-corrected chi connectivity index (χ3v) is 2.98. The van der Waals surface area contributed by atoms with E-state index in [0.29, 0.717) is 5.54 Å². The van der Waals surface area contributed by atoms with E-state index in [9.17, 15) is 0 Å². The van der Waals surface area contributed by atoms with Crippen molar-refractivity contribution in [2.75, 3.05) is 26.2 Å². The highest BCUT2D eigenvalue weighted by Crippen LogP contribution is 2.29. The summed E-state index contributed by atoms with van der Waals surface area (Å²) in [5, 5.41) is 3.54. The van der Waals surface area contributed by atoms with Crippen LogP contribution in [0.1, 0.15) is 19.8 Å². The van der Waals surface area contributed by atoms with Gasteiger partial charge in [0, 0.05) is 18.6 Å². The molecule has 0 aromatic carbocycles. The molecular formula is C8H16N2. The zero-order valence-corrected chi connectivity index (χ0v) is 6.69. The lowest BCUT2D eigenvalue weighted by Crippen LogP contribution is -2.58. The molecule has 2 fully saturated rings. The SMILES string of the molecule is CCN1CCC2(CCN2)C1. The van der Waals surface area contributed by atoms with Crippen molar-refractivity contribution < 1.29 is 0 Å². The summed E-state index contributed by atoms with van der Waals surface area (Å²) in [7, 11) is 0. The first-order valence-corrected chi connectivity index (χ1v) is 4.32. The average molecular weight is 140 g/mol. The van der Waals surface area contributed by atoms with Crippen LogP contribution in [0.3, 0.4) is 0 Å². The van der Waals surface area contributed by atoms with Crippen molar-refractivity contribution in [1.29, 1.82) is 0 Å². The maximum absolute atomic E-state index is 3.54. The summed E-state index contributed by atoms with van der Waals surface area (Å²) in [6.45, 7) is 7.33. The Labute approximate surface area is 62.6 Å².